The van der Waals surface area contributed by atoms with E-state index in [0.29, 0.717) is 25.3 Å². The Bertz CT molecular complexity index is 778. The highest BCUT2D eigenvalue weighted by Gasteiger charge is 2.30. The Hall–Kier alpha value is -3.09. The van der Waals surface area contributed by atoms with E-state index < -0.39 is 4.92 Å². The summed E-state index contributed by atoms with van der Waals surface area (Å²) in [6.45, 7) is 0.960. The number of non-ortho nitro benzene ring substituents is 1. The molecule has 130 valence electrons. The summed E-state index contributed by atoms with van der Waals surface area (Å²) < 4.78 is 11.1. The molecule has 2 aromatic carbocycles. The maximum absolute atomic E-state index is 12.8. The van der Waals surface area contributed by atoms with E-state index in [1.807, 2.05) is 30.3 Å². The zero-order valence-corrected chi connectivity index (χ0v) is 13.8. The van der Waals surface area contributed by atoms with Crippen molar-refractivity contribution in [1.82, 2.24) is 4.90 Å². The smallest absolute Gasteiger partial charge is 0.270 e. The highest BCUT2D eigenvalue weighted by Crippen LogP contribution is 2.27. The van der Waals surface area contributed by atoms with E-state index in [0.717, 1.165) is 5.75 Å². The van der Waals surface area contributed by atoms with Gasteiger partial charge in [0.2, 0.25) is 0 Å². The van der Waals surface area contributed by atoms with Crippen molar-refractivity contribution in [2.75, 3.05) is 20.2 Å². The molecule has 1 atom stereocenters. The molecule has 3 rings (SSSR count). The van der Waals surface area contributed by atoms with Crippen LogP contribution in [0.2, 0.25) is 0 Å². The molecular weight excluding hydrogens is 324 g/mol. The molecule has 0 aromatic heterocycles. The molecular formula is C18H18N2O5. The van der Waals surface area contributed by atoms with Crippen molar-refractivity contribution >= 4 is 11.6 Å². The zero-order chi connectivity index (χ0) is 17.8. The number of amides is 1. The molecule has 7 heteroatoms. The molecule has 0 radical (unpaired) electrons. The van der Waals surface area contributed by atoms with Crippen LogP contribution in [0, 0.1) is 10.1 Å². The summed E-state index contributed by atoms with van der Waals surface area (Å²) in [5, 5.41) is 11.0. The molecule has 1 aliphatic heterocycles. The third kappa shape index (κ3) is 3.71. The molecule has 0 aliphatic carbocycles. The van der Waals surface area contributed by atoms with Crippen LogP contribution in [-0.2, 0) is 0 Å². The monoisotopic (exact) mass is 342 g/mol. The van der Waals surface area contributed by atoms with Crippen LogP contribution in [0.1, 0.15) is 16.8 Å². The second kappa shape index (κ2) is 7.21. The van der Waals surface area contributed by atoms with Crippen LogP contribution < -0.4 is 9.47 Å². The number of nitrogens with zero attached hydrogens (tertiary/aromatic N) is 2. The van der Waals surface area contributed by atoms with Crippen LogP contribution in [0.15, 0.2) is 48.5 Å². The molecule has 1 aliphatic rings. The molecule has 0 saturated carbocycles. The molecule has 0 N–H and O–H groups in total. The van der Waals surface area contributed by atoms with Gasteiger partial charge in [0.15, 0.2) is 0 Å². The van der Waals surface area contributed by atoms with Crippen LogP contribution in [0.4, 0.5) is 5.69 Å². The van der Waals surface area contributed by atoms with E-state index in [1.54, 1.807) is 4.90 Å². The molecule has 1 heterocycles. The van der Waals surface area contributed by atoms with Crippen molar-refractivity contribution in [2.45, 2.75) is 12.5 Å². The molecule has 0 spiro atoms. The van der Waals surface area contributed by atoms with Crippen molar-refractivity contribution in [2.24, 2.45) is 0 Å². The number of carbonyl (C=O) groups excluding carboxylic acids is 1. The van der Waals surface area contributed by atoms with Gasteiger partial charge >= 0.3 is 0 Å². The summed E-state index contributed by atoms with van der Waals surface area (Å²) >= 11 is 0. The first-order valence-electron chi connectivity index (χ1n) is 7.92. The second-order valence-electron chi connectivity index (χ2n) is 5.73. The maximum atomic E-state index is 12.8. The zero-order valence-electron chi connectivity index (χ0n) is 13.8. The topological polar surface area (TPSA) is 81.9 Å². The number of nitro benzene ring substituents is 1. The third-order valence-electron chi connectivity index (χ3n) is 4.10. The van der Waals surface area contributed by atoms with E-state index in [-0.39, 0.29) is 23.3 Å². The van der Waals surface area contributed by atoms with Crippen molar-refractivity contribution < 1.29 is 19.2 Å². The highest BCUT2D eigenvalue weighted by molar-refractivity contribution is 5.97. The molecule has 2 aromatic rings. The lowest BCUT2D eigenvalue weighted by Gasteiger charge is -2.18. The lowest BCUT2D eigenvalue weighted by Crippen LogP contribution is -2.31. The number of hydrogen-bond acceptors (Lipinski definition) is 5. The normalized spacial score (nSPS) is 16.5. The first kappa shape index (κ1) is 16.8. The fraction of sp³-hybridized carbons (Fsp3) is 0.278. The number of ether oxygens (including phenoxy) is 2. The number of nitro groups is 1. The Morgan fingerprint density at radius 3 is 2.68 bits per heavy atom. The summed E-state index contributed by atoms with van der Waals surface area (Å²) in [5.74, 6) is 0.789. The van der Waals surface area contributed by atoms with E-state index in [4.69, 9.17) is 9.47 Å². The second-order valence-corrected chi connectivity index (χ2v) is 5.73. The minimum absolute atomic E-state index is 0.101. The van der Waals surface area contributed by atoms with Gasteiger partial charge in [-0.3, -0.25) is 14.9 Å². The Kier molecular flexibility index (Phi) is 4.83. The van der Waals surface area contributed by atoms with E-state index in [9.17, 15) is 14.9 Å². The van der Waals surface area contributed by atoms with Crippen molar-refractivity contribution in [3.63, 3.8) is 0 Å². The lowest BCUT2D eigenvalue weighted by atomic mass is 10.1. The minimum Gasteiger partial charge on any atom is -0.496 e. The van der Waals surface area contributed by atoms with E-state index in [1.165, 1.54) is 25.3 Å². The van der Waals surface area contributed by atoms with E-state index >= 15 is 0 Å². The number of para-hydroxylation sites is 1. The van der Waals surface area contributed by atoms with Crippen LogP contribution >= 0.6 is 0 Å². The van der Waals surface area contributed by atoms with Gasteiger partial charge in [-0.2, -0.15) is 0 Å². The number of carbonyl (C=O) groups is 1. The van der Waals surface area contributed by atoms with Gasteiger partial charge in [0.25, 0.3) is 11.6 Å². The van der Waals surface area contributed by atoms with Gasteiger partial charge in [0.05, 0.1) is 24.1 Å². The average Bonchev–Trinajstić information content (AvgIpc) is 3.09. The van der Waals surface area contributed by atoms with Gasteiger partial charge in [-0.1, -0.05) is 18.2 Å². The summed E-state index contributed by atoms with van der Waals surface area (Å²) in [5.41, 5.74) is 0.0532. The predicted octanol–water partition coefficient (Wildman–Crippen LogP) is 2.90. The highest BCUT2D eigenvalue weighted by atomic mass is 16.6. The fourth-order valence-corrected chi connectivity index (χ4v) is 2.85. The number of likely N-dealkylation sites (tertiary alicyclic amines) is 1. The lowest BCUT2D eigenvalue weighted by molar-refractivity contribution is -0.384. The summed E-state index contributed by atoms with van der Waals surface area (Å²) in [6.07, 6.45) is 0.605. The van der Waals surface area contributed by atoms with Gasteiger partial charge in [0.1, 0.15) is 17.6 Å². The van der Waals surface area contributed by atoms with E-state index in [2.05, 4.69) is 0 Å². The number of hydrogen-bond donors (Lipinski definition) is 0. The summed E-state index contributed by atoms with van der Waals surface area (Å²) in [7, 11) is 1.43. The first-order valence-corrected chi connectivity index (χ1v) is 7.92. The predicted molar refractivity (Wildman–Crippen MR) is 91.0 cm³/mol. The number of methoxy groups -OCH3 is 1. The van der Waals surface area contributed by atoms with Crippen LogP contribution in [0.3, 0.4) is 0 Å². The van der Waals surface area contributed by atoms with Crippen LogP contribution in [-0.4, -0.2) is 42.0 Å². The largest absolute Gasteiger partial charge is 0.496 e. The van der Waals surface area contributed by atoms with Crippen molar-refractivity contribution in [3.05, 3.63) is 64.2 Å². The molecule has 25 heavy (non-hydrogen) atoms. The standard InChI is InChI=1S/C18H18N2O5/c1-24-17-8-7-13(20(22)23)11-16(17)18(21)19-10-9-15(12-19)25-14-5-3-2-4-6-14/h2-8,11,15H,9-10,12H2,1H3/t15-/m0/s1. The Morgan fingerprint density at radius 1 is 1.24 bits per heavy atom. The van der Waals surface area contributed by atoms with Gasteiger partial charge in [0, 0.05) is 25.1 Å². The van der Waals surface area contributed by atoms with Crippen LogP contribution in [0.5, 0.6) is 11.5 Å². The summed E-state index contributed by atoms with van der Waals surface area (Å²) in [4.78, 5) is 24.8. The Labute approximate surface area is 144 Å². The van der Waals surface area contributed by atoms with Gasteiger partial charge in [-0.05, 0) is 18.2 Å². The molecule has 1 amide bonds. The SMILES string of the molecule is COc1ccc([N+](=O)[O-])cc1C(=O)N1CC[C@H](Oc2ccccc2)C1. The van der Waals surface area contributed by atoms with Crippen molar-refractivity contribution in [1.29, 1.82) is 0 Å². The quantitative estimate of drug-likeness (QED) is 0.616. The minimum atomic E-state index is -0.526. The first-order chi connectivity index (χ1) is 12.1. The molecule has 0 bridgehead atoms. The number of benzene rings is 2. The summed E-state index contributed by atoms with van der Waals surface area (Å²) in [6, 6.07) is 13.4. The van der Waals surface area contributed by atoms with Gasteiger partial charge < -0.3 is 14.4 Å². The molecule has 7 nitrogen and oxygen atoms in total. The van der Waals surface area contributed by atoms with Gasteiger partial charge in [-0.25, -0.2) is 0 Å². The Morgan fingerprint density at radius 2 is 2.00 bits per heavy atom. The van der Waals surface area contributed by atoms with Crippen LogP contribution in [0.25, 0.3) is 0 Å². The Balaban J connectivity index is 1.73. The average molecular weight is 342 g/mol. The maximum Gasteiger partial charge on any atom is 0.270 e. The third-order valence-corrected chi connectivity index (χ3v) is 4.10. The van der Waals surface area contributed by atoms with Crippen molar-refractivity contribution in [3.8, 4) is 11.5 Å². The van der Waals surface area contributed by atoms with Gasteiger partial charge in [-0.15, -0.1) is 0 Å². The number of rotatable bonds is 5. The fourth-order valence-electron chi connectivity index (χ4n) is 2.85. The molecule has 1 saturated heterocycles. The molecule has 0 unspecified atom stereocenters. The molecule has 1 fully saturated rings.